The lowest BCUT2D eigenvalue weighted by Crippen LogP contribution is -2.16. The minimum absolute atomic E-state index is 0.173. The fourth-order valence-electron chi connectivity index (χ4n) is 1.71. The Morgan fingerprint density at radius 3 is 2.87 bits per heavy atom. The molecule has 2 heterocycles. The van der Waals surface area contributed by atoms with E-state index in [1.54, 1.807) is 13.0 Å². The van der Waals surface area contributed by atoms with E-state index in [0.29, 0.717) is 22.3 Å². The molecule has 0 saturated heterocycles. The number of hydrogen-bond acceptors (Lipinski definition) is 7. The molecule has 2 aromatic rings. The van der Waals surface area contributed by atoms with Gasteiger partial charge in [0.15, 0.2) is 5.16 Å². The molecule has 2 rings (SSSR count). The number of amides is 1. The van der Waals surface area contributed by atoms with E-state index in [9.17, 15) is 9.59 Å². The van der Waals surface area contributed by atoms with Crippen molar-refractivity contribution in [3.8, 4) is 0 Å². The molecule has 0 radical (unpaired) electrons. The molecule has 124 valence electrons. The van der Waals surface area contributed by atoms with E-state index >= 15 is 0 Å². The lowest BCUT2D eigenvalue weighted by atomic mass is 10.1. The Bertz CT molecular complexity index is 668. The number of carbonyl (C=O) groups excluding carboxylic acids is 2. The third-order valence-electron chi connectivity index (χ3n) is 2.80. The minimum Gasteiger partial charge on any atom is -0.462 e. The zero-order valence-corrected chi connectivity index (χ0v) is 14.7. The Morgan fingerprint density at radius 1 is 1.48 bits per heavy atom. The topological polar surface area (TPSA) is 97.0 Å². The second-order valence-electron chi connectivity index (χ2n) is 4.89. The van der Waals surface area contributed by atoms with Gasteiger partial charge in [0.2, 0.25) is 5.91 Å². The van der Waals surface area contributed by atoms with E-state index in [4.69, 9.17) is 4.74 Å². The van der Waals surface area contributed by atoms with Gasteiger partial charge >= 0.3 is 5.97 Å². The predicted molar refractivity (Wildman–Crippen MR) is 90.1 cm³/mol. The number of H-pyrrole nitrogens is 1. The maximum Gasteiger partial charge on any atom is 0.341 e. The van der Waals surface area contributed by atoms with Gasteiger partial charge in [-0.3, -0.25) is 9.89 Å². The van der Waals surface area contributed by atoms with Crippen LogP contribution in [0, 0.1) is 0 Å². The highest BCUT2D eigenvalue weighted by Gasteiger charge is 2.20. The average molecular weight is 354 g/mol. The Labute approximate surface area is 142 Å². The molecule has 0 bridgehead atoms. The fourth-order valence-corrected chi connectivity index (χ4v) is 3.35. The second kappa shape index (κ2) is 8.11. The molecule has 0 aromatic carbocycles. The maximum absolute atomic E-state index is 12.1. The van der Waals surface area contributed by atoms with Gasteiger partial charge in [0, 0.05) is 4.88 Å². The van der Waals surface area contributed by atoms with Crippen LogP contribution in [0.2, 0.25) is 0 Å². The van der Waals surface area contributed by atoms with Crippen molar-refractivity contribution in [2.75, 3.05) is 17.7 Å². The number of aromatic amines is 1. The van der Waals surface area contributed by atoms with E-state index in [2.05, 4.69) is 20.5 Å². The highest BCUT2D eigenvalue weighted by atomic mass is 32.2. The lowest BCUT2D eigenvalue weighted by molar-refractivity contribution is -0.113. The summed E-state index contributed by atoms with van der Waals surface area (Å²) in [6, 6.07) is 1.78. The number of carbonyl (C=O) groups is 2. The quantitative estimate of drug-likeness (QED) is 0.586. The molecule has 9 heteroatoms. The zero-order chi connectivity index (χ0) is 16.8. The molecular weight excluding hydrogens is 336 g/mol. The number of ether oxygens (including phenoxy) is 1. The molecule has 0 aliphatic rings. The van der Waals surface area contributed by atoms with Gasteiger partial charge in [-0.1, -0.05) is 25.6 Å². The predicted octanol–water partition coefficient (Wildman–Crippen LogP) is 2.90. The number of thiophene rings is 1. The first-order valence-corrected chi connectivity index (χ1v) is 8.90. The molecule has 0 spiro atoms. The van der Waals surface area contributed by atoms with Crippen molar-refractivity contribution in [1.82, 2.24) is 15.2 Å². The highest BCUT2D eigenvalue weighted by Crippen LogP contribution is 2.33. The van der Waals surface area contributed by atoms with Crippen molar-refractivity contribution in [1.29, 1.82) is 0 Å². The van der Waals surface area contributed by atoms with Crippen molar-refractivity contribution < 1.29 is 14.3 Å². The van der Waals surface area contributed by atoms with Gasteiger partial charge in [-0.15, -0.1) is 11.3 Å². The van der Waals surface area contributed by atoms with Crippen molar-refractivity contribution >= 4 is 40.0 Å². The zero-order valence-electron chi connectivity index (χ0n) is 13.1. The van der Waals surface area contributed by atoms with Crippen LogP contribution in [0.25, 0.3) is 0 Å². The summed E-state index contributed by atoms with van der Waals surface area (Å²) in [6.07, 6.45) is 1.38. The SMILES string of the molecule is CCOC(=O)c1cc(C(C)C)sc1NC(=O)CSc1ncn[nH]1. The molecule has 2 aromatic heterocycles. The average Bonchev–Trinajstić information content (AvgIpc) is 3.14. The first-order chi connectivity index (χ1) is 11.0. The summed E-state index contributed by atoms with van der Waals surface area (Å²) in [7, 11) is 0. The number of hydrogen-bond donors (Lipinski definition) is 2. The van der Waals surface area contributed by atoms with Crippen molar-refractivity contribution in [3.63, 3.8) is 0 Å². The van der Waals surface area contributed by atoms with Crippen LogP contribution in [0.4, 0.5) is 5.00 Å². The molecular formula is C14H18N4O3S2. The molecule has 7 nitrogen and oxygen atoms in total. The molecule has 1 amide bonds. The van der Waals surface area contributed by atoms with Crippen molar-refractivity contribution in [2.45, 2.75) is 31.8 Å². The largest absolute Gasteiger partial charge is 0.462 e. The fraction of sp³-hybridized carbons (Fsp3) is 0.429. The van der Waals surface area contributed by atoms with Crippen LogP contribution in [-0.2, 0) is 9.53 Å². The Balaban J connectivity index is 2.07. The minimum atomic E-state index is -0.422. The summed E-state index contributed by atoms with van der Waals surface area (Å²) in [5.74, 6) is -0.197. The molecule has 0 aliphatic carbocycles. The number of nitrogens with zero attached hydrogens (tertiary/aromatic N) is 2. The summed E-state index contributed by atoms with van der Waals surface area (Å²) in [4.78, 5) is 29.1. The third-order valence-corrected chi connectivity index (χ3v) is 5.03. The van der Waals surface area contributed by atoms with Crippen molar-refractivity contribution in [2.24, 2.45) is 0 Å². The van der Waals surface area contributed by atoms with Gasteiger partial charge in [0.1, 0.15) is 11.3 Å². The summed E-state index contributed by atoms with van der Waals surface area (Å²) in [5, 5.41) is 10.3. The van der Waals surface area contributed by atoms with E-state index in [1.807, 2.05) is 13.8 Å². The number of aromatic nitrogens is 3. The van der Waals surface area contributed by atoms with Crippen LogP contribution in [0.5, 0.6) is 0 Å². The first-order valence-electron chi connectivity index (χ1n) is 7.10. The highest BCUT2D eigenvalue weighted by molar-refractivity contribution is 7.99. The van der Waals surface area contributed by atoms with Gasteiger partial charge < -0.3 is 10.1 Å². The number of nitrogens with one attached hydrogen (secondary N) is 2. The molecule has 23 heavy (non-hydrogen) atoms. The van der Waals surface area contributed by atoms with Crippen LogP contribution >= 0.6 is 23.1 Å². The smallest absolute Gasteiger partial charge is 0.341 e. The van der Waals surface area contributed by atoms with Crippen LogP contribution in [0.15, 0.2) is 17.6 Å². The maximum atomic E-state index is 12.1. The van der Waals surface area contributed by atoms with Gasteiger partial charge in [-0.05, 0) is 18.9 Å². The summed E-state index contributed by atoms with van der Waals surface area (Å²) >= 11 is 2.63. The van der Waals surface area contributed by atoms with Gasteiger partial charge in [-0.2, -0.15) is 5.10 Å². The van der Waals surface area contributed by atoms with Crippen LogP contribution in [-0.4, -0.2) is 39.4 Å². The van der Waals surface area contributed by atoms with Gasteiger partial charge in [-0.25, -0.2) is 9.78 Å². The Hall–Kier alpha value is -1.87. The molecule has 0 saturated carbocycles. The summed E-state index contributed by atoms with van der Waals surface area (Å²) in [5.41, 5.74) is 0.401. The molecule has 2 N–H and O–H groups in total. The summed E-state index contributed by atoms with van der Waals surface area (Å²) < 4.78 is 5.05. The molecule has 0 fully saturated rings. The number of rotatable bonds is 7. The molecule has 0 unspecified atom stereocenters. The second-order valence-corrected chi connectivity index (χ2v) is 6.94. The monoisotopic (exact) mass is 354 g/mol. The van der Waals surface area contributed by atoms with Crippen LogP contribution < -0.4 is 5.32 Å². The standard InChI is InChI=1S/C14H18N4O3S2/c1-4-21-13(20)9-5-10(8(2)3)23-12(9)17-11(19)6-22-14-15-7-16-18-14/h5,7-8H,4,6H2,1-3H3,(H,17,19)(H,15,16,18). The lowest BCUT2D eigenvalue weighted by Gasteiger charge is -2.05. The number of esters is 1. The normalized spacial score (nSPS) is 10.8. The number of anilines is 1. The first kappa shape index (κ1) is 17.5. The van der Waals surface area contributed by atoms with E-state index < -0.39 is 5.97 Å². The van der Waals surface area contributed by atoms with Crippen LogP contribution in [0.1, 0.15) is 41.9 Å². The van der Waals surface area contributed by atoms with Gasteiger partial charge in [0.25, 0.3) is 0 Å². The third kappa shape index (κ3) is 4.80. The van der Waals surface area contributed by atoms with E-state index in [-0.39, 0.29) is 17.6 Å². The van der Waals surface area contributed by atoms with Crippen molar-refractivity contribution in [3.05, 3.63) is 22.8 Å². The Kier molecular flexibility index (Phi) is 6.17. The van der Waals surface area contributed by atoms with Gasteiger partial charge in [0.05, 0.1) is 17.9 Å². The Morgan fingerprint density at radius 2 is 2.26 bits per heavy atom. The molecule has 0 atom stereocenters. The summed E-state index contributed by atoms with van der Waals surface area (Å²) in [6.45, 7) is 6.11. The van der Waals surface area contributed by atoms with E-state index in [1.165, 1.54) is 29.4 Å². The van der Waals surface area contributed by atoms with Crippen LogP contribution in [0.3, 0.4) is 0 Å². The molecule has 0 aliphatic heterocycles. The number of thioether (sulfide) groups is 1. The van der Waals surface area contributed by atoms with E-state index in [0.717, 1.165) is 4.88 Å².